The lowest BCUT2D eigenvalue weighted by Gasteiger charge is -2.09. The van der Waals surface area contributed by atoms with Crippen molar-refractivity contribution in [3.8, 4) is 17.2 Å². The van der Waals surface area contributed by atoms with Crippen molar-refractivity contribution in [2.24, 2.45) is 0 Å². The van der Waals surface area contributed by atoms with Gasteiger partial charge >= 0.3 is 0 Å². The van der Waals surface area contributed by atoms with Crippen LogP contribution in [0.3, 0.4) is 0 Å². The molecular formula is C19H16N2. The second kappa shape index (κ2) is 5.38. The zero-order valence-electron chi connectivity index (χ0n) is 12.2. The van der Waals surface area contributed by atoms with E-state index in [4.69, 9.17) is 5.26 Å². The van der Waals surface area contributed by atoms with Gasteiger partial charge in [-0.2, -0.15) is 5.26 Å². The van der Waals surface area contributed by atoms with Gasteiger partial charge in [0.1, 0.15) is 6.07 Å². The molecule has 0 unspecified atom stereocenters. The van der Waals surface area contributed by atoms with Crippen molar-refractivity contribution in [2.45, 2.75) is 19.8 Å². The number of nitriles is 1. The molecule has 2 aromatic carbocycles. The van der Waals surface area contributed by atoms with E-state index >= 15 is 0 Å². The molecule has 0 amide bonds. The van der Waals surface area contributed by atoms with Gasteiger partial charge < -0.3 is 0 Å². The van der Waals surface area contributed by atoms with Gasteiger partial charge in [0.05, 0.1) is 11.1 Å². The molecular weight excluding hydrogens is 256 g/mol. The molecule has 0 saturated carbocycles. The normalized spacial score (nSPS) is 10.8. The van der Waals surface area contributed by atoms with Crippen LogP contribution in [0.2, 0.25) is 0 Å². The van der Waals surface area contributed by atoms with E-state index in [0.29, 0.717) is 11.5 Å². The molecule has 0 saturated heterocycles. The summed E-state index contributed by atoms with van der Waals surface area (Å²) in [5.74, 6) is 0.511. The molecule has 2 heteroatoms. The molecule has 1 heterocycles. The third-order valence-corrected chi connectivity index (χ3v) is 3.70. The number of aromatic nitrogens is 1. The Morgan fingerprint density at radius 3 is 2.57 bits per heavy atom. The average Bonchev–Trinajstić information content (AvgIpc) is 2.53. The van der Waals surface area contributed by atoms with Gasteiger partial charge in [-0.05, 0) is 40.8 Å². The molecule has 0 aliphatic rings. The molecule has 0 spiro atoms. The van der Waals surface area contributed by atoms with E-state index in [1.165, 1.54) is 11.1 Å². The highest BCUT2D eigenvalue weighted by Crippen LogP contribution is 2.26. The van der Waals surface area contributed by atoms with Crippen molar-refractivity contribution in [2.75, 3.05) is 0 Å². The highest BCUT2D eigenvalue weighted by molar-refractivity contribution is 5.85. The summed E-state index contributed by atoms with van der Waals surface area (Å²) in [5, 5.41) is 9.99. The Bertz CT molecular complexity index is 842. The van der Waals surface area contributed by atoms with Gasteiger partial charge in [-0.15, -0.1) is 0 Å². The van der Waals surface area contributed by atoms with Crippen LogP contribution in [-0.4, -0.2) is 4.98 Å². The molecule has 21 heavy (non-hydrogen) atoms. The maximum atomic E-state index is 8.99. The smallest absolute Gasteiger partial charge is 0.101 e. The van der Waals surface area contributed by atoms with Crippen LogP contribution in [0.5, 0.6) is 0 Å². The molecule has 0 radical (unpaired) electrons. The standard InChI is InChI=1S/C19H16N2/c1-13(2)15-4-3-5-16(9-15)17-6-7-19-18(10-17)8-14(11-20)12-21-19/h3-10,12-13H,1-2H3. The monoisotopic (exact) mass is 272 g/mol. The molecule has 0 aliphatic heterocycles. The molecule has 0 atom stereocenters. The Morgan fingerprint density at radius 2 is 1.81 bits per heavy atom. The van der Waals surface area contributed by atoms with Gasteiger partial charge in [0, 0.05) is 11.6 Å². The predicted molar refractivity (Wildman–Crippen MR) is 86.0 cm³/mol. The molecule has 1 aromatic heterocycles. The zero-order valence-corrected chi connectivity index (χ0v) is 12.2. The number of fused-ring (bicyclic) bond motifs is 1. The first-order valence-corrected chi connectivity index (χ1v) is 7.07. The van der Waals surface area contributed by atoms with Gasteiger partial charge in [0.15, 0.2) is 0 Å². The number of nitrogens with zero attached hydrogens (tertiary/aromatic N) is 2. The third kappa shape index (κ3) is 2.64. The van der Waals surface area contributed by atoms with Crippen molar-refractivity contribution >= 4 is 10.9 Å². The Hall–Kier alpha value is -2.66. The average molecular weight is 272 g/mol. The number of hydrogen-bond acceptors (Lipinski definition) is 2. The van der Waals surface area contributed by atoms with E-state index in [0.717, 1.165) is 16.5 Å². The van der Waals surface area contributed by atoms with E-state index < -0.39 is 0 Å². The lowest BCUT2D eigenvalue weighted by atomic mass is 9.96. The van der Waals surface area contributed by atoms with Crippen LogP contribution < -0.4 is 0 Å². The number of hydrogen-bond donors (Lipinski definition) is 0. The Kier molecular flexibility index (Phi) is 3.41. The van der Waals surface area contributed by atoms with E-state index in [1.54, 1.807) is 6.20 Å². The second-order valence-electron chi connectivity index (χ2n) is 5.52. The number of benzene rings is 2. The fourth-order valence-corrected chi connectivity index (χ4v) is 2.45. The van der Waals surface area contributed by atoms with Crippen LogP contribution >= 0.6 is 0 Å². The predicted octanol–water partition coefficient (Wildman–Crippen LogP) is 4.90. The fourth-order valence-electron chi connectivity index (χ4n) is 2.45. The van der Waals surface area contributed by atoms with Crippen LogP contribution in [0, 0.1) is 11.3 Å². The highest BCUT2D eigenvalue weighted by atomic mass is 14.6. The topological polar surface area (TPSA) is 36.7 Å². The van der Waals surface area contributed by atoms with Gasteiger partial charge in [0.2, 0.25) is 0 Å². The molecule has 3 rings (SSSR count). The molecule has 0 fully saturated rings. The molecule has 0 N–H and O–H groups in total. The Morgan fingerprint density at radius 1 is 1.00 bits per heavy atom. The molecule has 0 bridgehead atoms. The summed E-state index contributed by atoms with van der Waals surface area (Å²) in [5.41, 5.74) is 5.19. The highest BCUT2D eigenvalue weighted by Gasteiger charge is 2.04. The summed E-state index contributed by atoms with van der Waals surface area (Å²) in [6.07, 6.45) is 1.61. The van der Waals surface area contributed by atoms with Crippen LogP contribution in [0.4, 0.5) is 0 Å². The van der Waals surface area contributed by atoms with Gasteiger partial charge in [-0.1, -0.05) is 44.2 Å². The number of pyridine rings is 1. The summed E-state index contributed by atoms with van der Waals surface area (Å²) in [7, 11) is 0. The van der Waals surface area contributed by atoms with E-state index in [2.05, 4.69) is 61.3 Å². The maximum absolute atomic E-state index is 8.99. The van der Waals surface area contributed by atoms with Crippen molar-refractivity contribution in [3.63, 3.8) is 0 Å². The van der Waals surface area contributed by atoms with Crippen LogP contribution in [-0.2, 0) is 0 Å². The first-order chi connectivity index (χ1) is 10.2. The maximum Gasteiger partial charge on any atom is 0.101 e. The fraction of sp³-hybridized carbons (Fsp3) is 0.158. The van der Waals surface area contributed by atoms with Gasteiger partial charge in [-0.25, -0.2) is 0 Å². The first kappa shape index (κ1) is 13.3. The molecule has 102 valence electrons. The number of rotatable bonds is 2. The molecule has 2 nitrogen and oxygen atoms in total. The summed E-state index contributed by atoms with van der Waals surface area (Å²) in [6.45, 7) is 4.39. The van der Waals surface area contributed by atoms with Crippen LogP contribution in [0.25, 0.3) is 22.0 Å². The zero-order chi connectivity index (χ0) is 14.8. The summed E-state index contributed by atoms with van der Waals surface area (Å²) >= 11 is 0. The summed E-state index contributed by atoms with van der Waals surface area (Å²) in [6, 6.07) is 18.8. The lowest BCUT2D eigenvalue weighted by Crippen LogP contribution is -1.88. The summed E-state index contributed by atoms with van der Waals surface area (Å²) in [4.78, 5) is 4.31. The minimum absolute atomic E-state index is 0.511. The van der Waals surface area contributed by atoms with E-state index in [9.17, 15) is 0 Å². The van der Waals surface area contributed by atoms with Crippen molar-refractivity contribution < 1.29 is 0 Å². The lowest BCUT2D eigenvalue weighted by molar-refractivity contribution is 0.867. The second-order valence-corrected chi connectivity index (χ2v) is 5.52. The van der Waals surface area contributed by atoms with Crippen LogP contribution in [0.1, 0.15) is 30.9 Å². The SMILES string of the molecule is CC(C)c1cccc(-c2ccc3ncc(C#N)cc3c2)c1. The van der Waals surface area contributed by atoms with Gasteiger partial charge in [-0.3, -0.25) is 4.98 Å². The van der Waals surface area contributed by atoms with E-state index in [-0.39, 0.29) is 0 Å². The van der Waals surface area contributed by atoms with Crippen molar-refractivity contribution in [1.29, 1.82) is 5.26 Å². The third-order valence-electron chi connectivity index (χ3n) is 3.70. The first-order valence-electron chi connectivity index (χ1n) is 7.07. The Balaban J connectivity index is 2.12. The molecule has 0 aliphatic carbocycles. The summed E-state index contributed by atoms with van der Waals surface area (Å²) < 4.78 is 0. The Labute approximate surface area is 124 Å². The van der Waals surface area contributed by atoms with E-state index in [1.807, 2.05) is 12.1 Å². The molecule has 3 aromatic rings. The van der Waals surface area contributed by atoms with Crippen LogP contribution in [0.15, 0.2) is 54.7 Å². The minimum Gasteiger partial charge on any atom is -0.255 e. The van der Waals surface area contributed by atoms with Gasteiger partial charge in [0.25, 0.3) is 0 Å². The largest absolute Gasteiger partial charge is 0.255 e. The van der Waals surface area contributed by atoms with Crippen molar-refractivity contribution in [3.05, 3.63) is 65.9 Å². The quantitative estimate of drug-likeness (QED) is 0.665. The minimum atomic E-state index is 0.511. The van der Waals surface area contributed by atoms with Crippen molar-refractivity contribution in [1.82, 2.24) is 4.98 Å².